The molecule has 0 fully saturated rings. The third-order valence-electron chi connectivity index (χ3n) is 1.84. The number of anilines is 1. The number of pyridine rings is 1. The number of aryl methyl sites for hydroxylation is 1. The topological polar surface area (TPSA) is 86.7 Å². The fourth-order valence-corrected chi connectivity index (χ4v) is 1.16. The van der Waals surface area contributed by atoms with E-state index >= 15 is 0 Å². The van der Waals surface area contributed by atoms with Crippen LogP contribution < -0.4 is 5.73 Å². The lowest BCUT2D eigenvalue weighted by Crippen LogP contribution is -2.06. The van der Waals surface area contributed by atoms with Crippen molar-refractivity contribution in [2.75, 3.05) is 5.73 Å². The SMILES string of the molecule is Cn1cc(C(=O)c2cccc(N)n2)nn1. The van der Waals surface area contributed by atoms with Crippen molar-refractivity contribution in [3.63, 3.8) is 0 Å². The summed E-state index contributed by atoms with van der Waals surface area (Å²) in [5.41, 5.74) is 6.01. The van der Waals surface area contributed by atoms with Crippen LogP contribution in [0.15, 0.2) is 24.4 Å². The number of nitrogens with zero attached hydrogens (tertiary/aromatic N) is 4. The summed E-state index contributed by atoms with van der Waals surface area (Å²) in [5, 5.41) is 7.38. The fraction of sp³-hybridized carbons (Fsp3) is 0.111. The summed E-state index contributed by atoms with van der Waals surface area (Å²) in [6, 6.07) is 4.88. The van der Waals surface area contributed by atoms with Crippen molar-refractivity contribution < 1.29 is 4.79 Å². The number of aromatic nitrogens is 4. The van der Waals surface area contributed by atoms with Crippen LogP contribution in [0.4, 0.5) is 5.82 Å². The molecule has 2 N–H and O–H groups in total. The predicted molar refractivity (Wildman–Crippen MR) is 53.1 cm³/mol. The quantitative estimate of drug-likeness (QED) is 0.695. The Morgan fingerprint density at radius 1 is 1.40 bits per heavy atom. The van der Waals surface area contributed by atoms with E-state index in [4.69, 9.17) is 5.73 Å². The zero-order chi connectivity index (χ0) is 10.8. The molecular weight excluding hydrogens is 194 g/mol. The molecular formula is C9H9N5O. The normalized spacial score (nSPS) is 10.2. The molecule has 6 nitrogen and oxygen atoms in total. The van der Waals surface area contributed by atoms with Crippen molar-refractivity contribution in [3.8, 4) is 0 Å². The summed E-state index contributed by atoms with van der Waals surface area (Å²) in [7, 11) is 1.69. The molecule has 2 aromatic heterocycles. The first-order valence-electron chi connectivity index (χ1n) is 4.30. The lowest BCUT2D eigenvalue weighted by molar-refractivity contribution is 0.103. The van der Waals surface area contributed by atoms with E-state index in [2.05, 4.69) is 15.3 Å². The molecule has 6 heteroatoms. The van der Waals surface area contributed by atoms with Crippen LogP contribution in [0, 0.1) is 0 Å². The average Bonchev–Trinajstić information content (AvgIpc) is 2.64. The molecule has 76 valence electrons. The molecule has 0 radical (unpaired) electrons. The van der Waals surface area contributed by atoms with Gasteiger partial charge in [0.15, 0.2) is 5.69 Å². The van der Waals surface area contributed by atoms with Gasteiger partial charge in [-0.15, -0.1) is 5.10 Å². The number of rotatable bonds is 2. The third-order valence-corrected chi connectivity index (χ3v) is 1.84. The number of nitrogen functional groups attached to an aromatic ring is 1. The number of hydrogen-bond acceptors (Lipinski definition) is 5. The summed E-state index contributed by atoms with van der Waals surface area (Å²) in [6.07, 6.45) is 1.53. The lowest BCUT2D eigenvalue weighted by Gasteiger charge is -1.96. The average molecular weight is 203 g/mol. The summed E-state index contributed by atoms with van der Waals surface area (Å²) in [5.74, 6) is 0.0279. The first kappa shape index (κ1) is 9.32. The van der Waals surface area contributed by atoms with Crippen LogP contribution in [0.25, 0.3) is 0 Å². The van der Waals surface area contributed by atoms with Crippen LogP contribution in [-0.4, -0.2) is 25.8 Å². The standard InChI is InChI=1S/C9H9N5O/c1-14-5-7(12-13-14)9(15)6-3-2-4-8(10)11-6/h2-5H,1H3,(H2,10,11). The number of hydrogen-bond donors (Lipinski definition) is 1. The fourth-order valence-electron chi connectivity index (χ4n) is 1.16. The van der Waals surface area contributed by atoms with Crippen LogP contribution in [0.2, 0.25) is 0 Å². The van der Waals surface area contributed by atoms with Gasteiger partial charge in [0, 0.05) is 7.05 Å². The van der Waals surface area contributed by atoms with Crippen molar-refractivity contribution in [1.29, 1.82) is 0 Å². The molecule has 0 aliphatic heterocycles. The van der Waals surface area contributed by atoms with Gasteiger partial charge >= 0.3 is 0 Å². The third kappa shape index (κ3) is 1.83. The van der Waals surface area contributed by atoms with Gasteiger partial charge in [-0.25, -0.2) is 4.98 Å². The van der Waals surface area contributed by atoms with Crippen molar-refractivity contribution in [1.82, 2.24) is 20.0 Å². The Balaban J connectivity index is 2.36. The second-order valence-corrected chi connectivity index (χ2v) is 3.05. The van der Waals surface area contributed by atoms with Crippen molar-refractivity contribution in [2.45, 2.75) is 0 Å². The largest absolute Gasteiger partial charge is 0.384 e. The van der Waals surface area contributed by atoms with E-state index in [-0.39, 0.29) is 17.2 Å². The zero-order valence-corrected chi connectivity index (χ0v) is 8.08. The van der Waals surface area contributed by atoms with Crippen LogP contribution in [0.1, 0.15) is 16.2 Å². The maximum Gasteiger partial charge on any atom is 0.233 e. The molecule has 0 amide bonds. The maximum absolute atomic E-state index is 11.8. The minimum atomic E-state index is -0.282. The first-order chi connectivity index (χ1) is 7.16. The number of carbonyl (C=O) groups excluding carboxylic acids is 1. The summed E-state index contributed by atoms with van der Waals surface area (Å²) >= 11 is 0. The van der Waals surface area contributed by atoms with Gasteiger partial charge in [0.25, 0.3) is 0 Å². The molecule has 0 aromatic carbocycles. The van der Waals surface area contributed by atoms with Gasteiger partial charge in [-0.3, -0.25) is 9.48 Å². The van der Waals surface area contributed by atoms with E-state index in [1.54, 1.807) is 25.2 Å². The van der Waals surface area contributed by atoms with Crippen LogP contribution in [-0.2, 0) is 7.05 Å². The van der Waals surface area contributed by atoms with E-state index in [0.29, 0.717) is 5.82 Å². The Kier molecular flexibility index (Phi) is 2.17. The monoisotopic (exact) mass is 203 g/mol. The van der Waals surface area contributed by atoms with Crippen LogP contribution in [0.5, 0.6) is 0 Å². The molecule has 0 aliphatic rings. The Morgan fingerprint density at radius 2 is 2.20 bits per heavy atom. The lowest BCUT2D eigenvalue weighted by atomic mass is 10.2. The van der Waals surface area contributed by atoms with Gasteiger partial charge in [-0.2, -0.15) is 0 Å². The molecule has 2 rings (SSSR count). The second-order valence-electron chi connectivity index (χ2n) is 3.05. The highest BCUT2D eigenvalue weighted by molar-refractivity contribution is 6.06. The van der Waals surface area contributed by atoms with Gasteiger partial charge < -0.3 is 5.73 Å². The molecule has 2 aromatic rings. The Morgan fingerprint density at radius 3 is 2.80 bits per heavy atom. The predicted octanol–water partition coefficient (Wildman–Crippen LogP) is 0.0233. The van der Waals surface area contributed by atoms with E-state index in [1.807, 2.05) is 0 Å². The minimum Gasteiger partial charge on any atom is -0.384 e. The summed E-state index contributed by atoms with van der Waals surface area (Å²) < 4.78 is 1.46. The van der Waals surface area contributed by atoms with E-state index in [0.717, 1.165) is 0 Å². The highest BCUT2D eigenvalue weighted by Gasteiger charge is 2.13. The molecule has 0 aliphatic carbocycles. The van der Waals surface area contributed by atoms with Crippen molar-refractivity contribution in [2.24, 2.45) is 7.05 Å². The molecule has 0 bridgehead atoms. The zero-order valence-electron chi connectivity index (χ0n) is 8.08. The second kappa shape index (κ2) is 3.49. The Hall–Kier alpha value is -2.24. The van der Waals surface area contributed by atoms with Gasteiger partial charge in [-0.1, -0.05) is 11.3 Å². The van der Waals surface area contributed by atoms with Gasteiger partial charge in [0.1, 0.15) is 11.5 Å². The maximum atomic E-state index is 11.8. The molecule has 0 spiro atoms. The molecule has 0 saturated carbocycles. The van der Waals surface area contributed by atoms with E-state index in [9.17, 15) is 4.79 Å². The summed E-state index contributed by atoms with van der Waals surface area (Å²) in [4.78, 5) is 15.7. The number of nitrogens with two attached hydrogens (primary N) is 1. The van der Waals surface area contributed by atoms with Gasteiger partial charge in [0.2, 0.25) is 5.78 Å². The van der Waals surface area contributed by atoms with Crippen molar-refractivity contribution >= 4 is 11.6 Å². The van der Waals surface area contributed by atoms with Gasteiger partial charge in [-0.05, 0) is 12.1 Å². The molecule has 15 heavy (non-hydrogen) atoms. The van der Waals surface area contributed by atoms with E-state index in [1.165, 1.54) is 10.9 Å². The molecule has 0 saturated heterocycles. The van der Waals surface area contributed by atoms with Crippen molar-refractivity contribution in [3.05, 3.63) is 35.8 Å². The van der Waals surface area contributed by atoms with Crippen LogP contribution >= 0.6 is 0 Å². The smallest absolute Gasteiger partial charge is 0.233 e. The Labute approximate surface area is 85.7 Å². The number of carbonyl (C=O) groups is 1. The van der Waals surface area contributed by atoms with Gasteiger partial charge in [0.05, 0.1) is 6.20 Å². The van der Waals surface area contributed by atoms with Crippen LogP contribution in [0.3, 0.4) is 0 Å². The highest BCUT2D eigenvalue weighted by atomic mass is 16.1. The molecule has 0 unspecified atom stereocenters. The number of ketones is 1. The minimum absolute atomic E-state index is 0.260. The Bertz CT molecular complexity index is 505. The highest BCUT2D eigenvalue weighted by Crippen LogP contribution is 2.06. The van der Waals surface area contributed by atoms with E-state index < -0.39 is 0 Å². The summed E-state index contributed by atoms with van der Waals surface area (Å²) in [6.45, 7) is 0. The first-order valence-corrected chi connectivity index (χ1v) is 4.30. The molecule has 0 atom stereocenters. The molecule has 2 heterocycles.